The summed E-state index contributed by atoms with van der Waals surface area (Å²) in [4.78, 5) is 4.34. The summed E-state index contributed by atoms with van der Waals surface area (Å²) >= 11 is 0. The fourth-order valence-corrected chi connectivity index (χ4v) is 3.46. The van der Waals surface area contributed by atoms with Gasteiger partial charge in [-0.15, -0.1) is 0 Å². The van der Waals surface area contributed by atoms with Crippen LogP contribution in [0.4, 0.5) is 13.2 Å². The van der Waals surface area contributed by atoms with Crippen LogP contribution in [0.25, 0.3) is 11.4 Å². The number of aromatic nitrogens is 2. The van der Waals surface area contributed by atoms with Crippen molar-refractivity contribution in [3.05, 3.63) is 65.0 Å². The normalized spacial score (nSPS) is 12.7. The first-order valence-corrected chi connectivity index (χ1v) is 10.5. The van der Waals surface area contributed by atoms with Crippen molar-refractivity contribution >= 4 is 0 Å². The summed E-state index contributed by atoms with van der Waals surface area (Å²) in [5.74, 6) is 1.44. The van der Waals surface area contributed by atoms with Crippen LogP contribution in [0.1, 0.15) is 61.6 Å². The van der Waals surface area contributed by atoms with Crippen molar-refractivity contribution < 1.29 is 22.4 Å². The molecule has 0 amide bonds. The van der Waals surface area contributed by atoms with E-state index in [0.717, 1.165) is 30.9 Å². The maximum atomic E-state index is 13.8. The van der Waals surface area contributed by atoms with E-state index in [1.807, 2.05) is 19.1 Å². The lowest BCUT2D eigenvalue weighted by atomic mass is 9.97. The molecule has 1 atom stereocenters. The molecule has 1 aromatic heterocycles. The third-order valence-corrected chi connectivity index (χ3v) is 5.37. The smallest absolute Gasteiger partial charge is 0.416 e. The maximum absolute atomic E-state index is 13.8. The van der Waals surface area contributed by atoms with E-state index < -0.39 is 11.7 Å². The summed E-state index contributed by atoms with van der Waals surface area (Å²) < 4.78 is 51.7. The molecule has 0 aliphatic rings. The van der Waals surface area contributed by atoms with Crippen LogP contribution in [0.3, 0.4) is 0 Å². The number of alkyl halides is 3. The van der Waals surface area contributed by atoms with Crippen molar-refractivity contribution in [2.24, 2.45) is 0 Å². The Kier molecular flexibility index (Phi) is 7.36. The molecule has 31 heavy (non-hydrogen) atoms. The van der Waals surface area contributed by atoms with Crippen LogP contribution in [0.15, 0.2) is 47.0 Å². The zero-order chi connectivity index (χ0) is 22.4. The van der Waals surface area contributed by atoms with Crippen molar-refractivity contribution in [1.82, 2.24) is 10.1 Å². The molecule has 0 aliphatic heterocycles. The van der Waals surface area contributed by atoms with E-state index in [2.05, 4.69) is 17.1 Å². The topological polar surface area (TPSA) is 48.2 Å². The highest BCUT2D eigenvalue weighted by Crippen LogP contribution is 2.35. The average molecular weight is 432 g/mol. The number of unbranched alkanes of at least 4 members (excludes halogenated alkanes) is 1. The predicted molar refractivity (Wildman–Crippen MR) is 113 cm³/mol. The van der Waals surface area contributed by atoms with Crippen molar-refractivity contribution in [1.29, 1.82) is 0 Å². The van der Waals surface area contributed by atoms with E-state index in [9.17, 15) is 13.2 Å². The average Bonchev–Trinajstić information content (AvgIpc) is 3.26. The molecule has 3 aromatic rings. The van der Waals surface area contributed by atoms with Crippen molar-refractivity contribution in [3.8, 4) is 17.1 Å². The van der Waals surface area contributed by atoms with E-state index in [1.165, 1.54) is 6.07 Å². The van der Waals surface area contributed by atoms with E-state index >= 15 is 0 Å². The quantitative estimate of drug-likeness (QED) is 0.371. The number of methoxy groups -OCH3 is 1. The number of halogens is 3. The van der Waals surface area contributed by atoms with E-state index in [-0.39, 0.29) is 23.7 Å². The van der Waals surface area contributed by atoms with Crippen molar-refractivity contribution in [2.45, 2.75) is 58.0 Å². The Morgan fingerprint density at radius 3 is 2.45 bits per heavy atom. The largest absolute Gasteiger partial charge is 0.497 e. The highest BCUT2D eigenvalue weighted by Gasteiger charge is 2.34. The summed E-state index contributed by atoms with van der Waals surface area (Å²) in [7, 11) is 1.57. The first-order valence-electron chi connectivity index (χ1n) is 10.5. The number of rotatable bonds is 9. The third-order valence-electron chi connectivity index (χ3n) is 5.37. The highest BCUT2D eigenvalue weighted by atomic mass is 19.4. The first kappa shape index (κ1) is 22.8. The lowest BCUT2D eigenvalue weighted by Crippen LogP contribution is -2.10. The molecular formula is C24H27F3N2O2. The molecule has 2 aromatic carbocycles. The molecule has 0 N–H and O–H groups in total. The molecule has 0 unspecified atom stereocenters. The standard InChI is InChI=1S/C24H27F3N2O2/c1-4-5-6-16(2)23-28-22(29-31-23)19-12-11-18(21(15-19)24(25,26)27)10-7-17-8-13-20(30-3)14-9-17/h8-9,11-16H,4-7,10H2,1-3H3/t16-/m0/s1. The summed E-state index contributed by atoms with van der Waals surface area (Å²) in [5.41, 5.74) is 0.830. The third kappa shape index (κ3) is 5.87. The molecule has 166 valence electrons. The summed E-state index contributed by atoms with van der Waals surface area (Å²) in [6, 6.07) is 11.6. The molecule has 0 radical (unpaired) electrons. The van der Waals surface area contributed by atoms with Gasteiger partial charge in [0.05, 0.1) is 12.7 Å². The van der Waals surface area contributed by atoms with E-state index in [4.69, 9.17) is 9.26 Å². The van der Waals surface area contributed by atoms with Crippen LogP contribution in [-0.2, 0) is 19.0 Å². The molecular weight excluding hydrogens is 405 g/mol. The van der Waals surface area contributed by atoms with Crippen LogP contribution in [-0.4, -0.2) is 17.3 Å². The molecule has 3 rings (SSSR count). The number of benzene rings is 2. The number of hydrogen-bond acceptors (Lipinski definition) is 4. The highest BCUT2D eigenvalue weighted by molar-refractivity contribution is 5.57. The fourth-order valence-electron chi connectivity index (χ4n) is 3.46. The minimum absolute atomic E-state index is 0.0760. The number of ether oxygens (including phenoxy) is 1. The van der Waals surface area contributed by atoms with Crippen LogP contribution in [0.2, 0.25) is 0 Å². The maximum Gasteiger partial charge on any atom is 0.416 e. The zero-order valence-electron chi connectivity index (χ0n) is 18.0. The van der Waals surface area contributed by atoms with Crippen LogP contribution < -0.4 is 4.74 Å². The second-order valence-corrected chi connectivity index (χ2v) is 7.72. The summed E-state index contributed by atoms with van der Waals surface area (Å²) in [5, 5.41) is 3.91. The lowest BCUT2D eigenvalue weighted by molar-refractivity contribution is -0.138. The number of aryl methyl sites for hydroxylation is 2. The van der Waals surface area contributed by atoms with Gasteiger partial charge in [0.15, 0.2) is 0 Å². The van der Waals surface area contributed by atoms with Crippen molar-refractivity contribution in [3.63, 3.8) is 0 Å². The van der Waals surface area contributed by atoms with E-state index in [1.54, 1.807) is 25.3 Å². The van der Waals surface area contributed by atoms with Gasteiger partial charge >= 0.3 is 6.18 Å². The fraction of sp³-hybridized carbons (Fsp3) is 0.417. The van der Waals surface area contributed by atoms with Gasteiger partial charge in [0, 0.05) is 11.5 Å². The second kappa shape index (κ2) is 9.98. The Morgan fingerprint density at radius 2 is 1.81 bits per heavy atom. The molecule has 0 spiro atoms. The van der Waals surface area contributed by atoms with Crippen LogP contribution in [0, 0.1) is 0 Å². The molecule has 0 fully saturated rings. The molecule has 0 saturated carbocycles. The van der Waals surface area contributed by atoms with Gasteiger partial charge in [-0.25, -0.2) is 0 Å². The second-order valence-electron chi connectivity index (χ2n) is 7.72. The molecule has 0 bridgehead atoms. The first-order chi connectivity index (χ1) is 14.8. The van der Waals surface area contributed by atoms with Crippen molar-refractivity contribution in [2.75, 3.05) is 7.11 Å². The molecule has 0 aliphatic carbocycles. The van der Waals surface area contributed by atoms with Gasteiger partial charge in [-0.3, -0.25) is 0 Å². The van der Waals surface area contributed by atoms with Crippen LogP contribution >= 0.6 is 0 Å². The van der Waals surface area contributed by atoms with Gasteiger partial charge in [-0.05, 0) is 48.6 Å². The number of hydrogen-bond donors (Lipinski definition) is 0. The van der Waals surface area contributed by atoms with Gasteiger partial charge in [0.1, 0.15) is 5.75 Å². The minimum Gasteiger partial charge on any atom is -0.497 e. The van der Waals surface area contributed by atoms with Crippen LogP contribution in [0.5, 0.6) is 5.75 Å². The molecule has 1 heterocycles. The molecule has 7 heteroatoms. The Balaban J connectivity index is 1.80. The Bertz CT molecular complexity index is 981. The van der Waals surface area contributed by atoms with E-state index in [0.29, 0.717) is 23.6 Å². The Morgan fingerprint density at radius 1 is 1.06 bits per heavy atom. The van der Waals surface area contributed by atoms with Gasteiger partial charge < -0.3 is 9.26 Å². The molecule has 4 nitrogen and oxygen atoms in total. The molecule has 0 saturated heterocycles. The predicted octanol–water partition coefficient (Wildman–Crippen LogP) is 6.84. The monoisotopic (exact) mass is 432 g/mol. The van der Waals surface area contributed by atoms with Gasteiger partial charge in [-0.2, -0.15) is 18.2 Å². The summed E-state index contributed by atoms with van der Waals surface area (Å²) in [6.07, 6.45) is -0.721. The van der Waals surface area contributed by atoms with Gasteiger partial charge in [0.25, 0.3) is 0 Å². The minimum atomic E-state index is -4.47. The SMILES string of the molecule is CCCC[C@H](C)c1nc(-c2ccc(CCc3ccc(OC)cc3)c(C(F)(F)F)c2)no1. The lowest BCUT2D eigenvalue weighted by Gasteiger charge is -2.14. The Hall–Kier alpha value is -2.83. The zero-order valence-corrected chi connectivity index (χ0v) is 18.0. The summed E-state index contributed by atoms with van der Waals surface area (Å²) in [6.45, 7) is 4.08. The van der Waals surface area contributed by atoms with Gasteiger partial charge in [-0.1, -0.05) is 56.1 Å². The number of nitrogens with zero attached hydrogens (tertiary/aromatic N) is 2. The Labute approximate surface area is 180 Å². The van der Waals surface area contributed by atoms with Gasteiger partial charge in [0.2, 0.25) is 11.7 Å².